The minimum Gasteiger partial charge on any atom is -0.423 e. The summed E-state index contributed by atoms with van der Waals surface area (Å²) in [5, 5.41) is 8.09. The maximum absolute atomic E-state index is 11.2. The summed E-state index contributed by atoms with van der Waals surface area (Å²) in [5.74, 6) is 0. The van der Waals surface area contributed by atoms with Gasteiger partial charge in [-0.1, -0.05) is 19.3 Å². The maximum atomic E-state index is 11.2. The third-order valence-electron chi connectivity index (χ3n) is 3.82. The molecule has 1 aromatic heterocycles. The van der Waals surface area contributed by atoms with Crippen molar-refractivity contribution < 1.29 is 4.42 Å². The van der Waals surface area contributed by atoms with Gasteiger partial charge in [-0.15, -0.1) is 0 Å². The molecule has 21 heavy (non-hydrogen) atoms. The second-order valence-electron chi connectivity index (χ2n) is 5.44. The molecule has 1 aromatic carbocycles. The molecule has 0 unspecified atom stereocenters. The van der Waals surface area contributed by atoms with E-state index in [1.807, 2.05) is 12.1 Å². The van der Waals surface area contributed by atoms with E-state index in [0.717, 1.165) is 11.1 Å². The Morgan fingerprint density at radius 2 is 1.95 bits per heavy atom. The van der Waals surface area contributed by atoms with Gasteiger partial charge in [0.15, 0.2) is 5.11 Å². The van der Waals surface area contributed by atoms with Crippen LogP contribution in [-0.2, 0) is 0 Å². The lowest BCUT2D eigenvalue weighted by Gasteiger charge is -2.24. The van der Waals surface area contributed by atoms with Crippen LogP contribution in [0.2, 0.25) is 0 Å². The lowest BCUT2D eigenvalue weighted by Crippen LogP contribution is -2.38. The highest BCUT2D eigenvalue weighted by Gasteiger charge is 2.14. The van der Waals surface area contributed by atoms with Crippen LogP contribution in [0.1, 0.15) is 32.1 Å². The molecule has 3 rings (SSSR count). The number of hydrogen-bond acceptors (Lipinski definition) is 3. The summed E-state index contributed by atoms with van der Waals surface area (Å²) in [6, 6.07) is 9.22. The summed E-state index contributed by atoms with van der Waals surface area (Å²) in [6.45, 7) is 0. The van der Waals surface area contributed by atoms with Crippen LogP contribution in [0.5, 0.6) is 0 Å². The molecule has 1 heterocycles. The molecule has 0 amide bonds. The van der Waals surface area contributed by atoms with E-state index in [2.05, 4.69) is 10.6 Å². The van der Waals surface area contributed by atoms with Crippen molar-refractivity contribution in [1.29, 1.82) is 0 Å². The van der Waals surface area contributed by atoms with Crippen molar-refractivity contribution in [3.8, 4) is 0 Å². The number of thiocarbonyl (C=S) groups is 1. The van der Waals surface area contributed by atoms with Crippen molar-refractivity contribution in [1.82, 2.24) is 5.32 Å². The van der Waals surface area contributed by atoms with Gasteiger partial charge in [-0.05, 0) is 49.3 Å². The lowest BCUT2D eigenvalue weighted by molar-refractivity contribution is 0.415. The second kappa shape index (κ2) is 6.26. The molecule has 2 N–H and O–H groups in total. The molecular formula is C16H18N2O2S. The molecule has 4 nitrogen and oxygen atoms in total. The van der Waals surface area contributed by atoms with Crippen molar-refractivity contribution in [2.45, 2.75) is 38.1 Å². The van der Waals surface area contributed by atoms with E-state index in [-0.39, 0.29) is 5.63 Å². The highest BCUT2D eigenvalue weighted by molar-refractivity contribution is 7.80. The van der Waals surface area contributed by atoms with E-state index < -0.39 is 0 Å². The van der Waals surface area contributed by atoms with Crippen LogP contribution >= 0.6 is 12.2 Å². The van der Waals surface area contributed by atoms with Crippen LogP contribution in [0.4, 0.5) is 5.69 Å². The first-order valence-corrected chi connectivity index (χ1v) is 7.73. The van der Waals surface area contributed by atoms with Gasteiger partial charge in [-0.2, -0.15) is 0 Å². The zero-order valence-electron chi connectivity index (χ0n) is 11.7. The summed E-state index contributed by atoms with van der Waals surface area (Å²) >= 11 is 5.36. The largest absolute Gasteiger partial charge is 0.423 e. The predicted octanol–water partition coefficient (Wildman–Crippen LogP) is 3.41. The molecule has 110 valence electrons. The van der Waals surface area contributed by atoms with Crippen molar-refractivity contribution in [2.24, 2.45) is 0 Å². The molecule has 1 aliphatic rings. The van der Waals surface area contributed by atoms with E-state index in [4.69, 9.17) is 16.6 Å². The summed E-state index contributed by atoms with van der Waals surface area (Å²) in [7, 11) is 0. The van der Waals surface area contributed by atoms with Gasteiger partial charge in [0.1, 0.15) is 5.58 Å². The molecule has 0 atom stereocenters. The molecule has 2 aromatic rings. The topological polar surface area (TPSA) is 54.3 Å². The fraction of sp³-hybridized carbons (Fsp3) is 0.375. The molecule has 5 heteroatoms. The third-order valence-corrected chi connectivity index (χ3v) is 4.04. The first-order valence-electron chi connectivity index (χ1n) is 7.32. The Labute approximate surface area is 128 Å². The van der Waals surface area contributed by atoms with Gasteiger partial charge in [-0.25, -0.2) is 4.79 Å². The zero-order chi connectivity index (χ0) is 14.7. The fourth-order valence-corrected chi connectivity index (χ4v) is 3.03. The lowest BCUT2D eigenvalue weighted by atomic mass is 9.96. The number of benzene rings is 1. The van der Waals surface area contributed by atoms with Gasteiger partial charge in [0, 0.05) is 23.2 Å². The highest BCUT2D eigenvalue weighted by Crippen LogP contribution is 2.19. The van der Waals surface area contributed by atoms with Crippen LogP contribution in [0.3, 0.4) is 0 Å². The van der Waals surface area contributed by atoms with Crippen LogP contribution in [0.25, 0.3) is 11.0 Å². The highest BCUT2D eigenvalue weighted by atomic mass is 32.1. The first kappa shape index (κ1) is 14.1. The number of hydrogen-bond donors (Lipinski definition) is 2. The van der Waals surface area contributed by atoms with E-state index >= 15 is 0 Å². The molecule has 0 spiro atoms. The average Bonchev–Trinajstić information content (AvgIpc) is 2.48. The van der Waals surface area contributed by atoms with Crippen molar-refractivity contribution >= 4 is 34.0 Å². The maximum Gasteiger partial charge on any atom is 0.336 e. The third kappa shape index (κ3) is 3.61. The predicted molar refractivity (Wildman–Crippen MR) is 88.7 cm³/mol. The van der Waals surface area contributed by atoms with Gasteiger partial charge in [-0.3, -0.25) is 0 Å². The molecule has 0 radical (unpaired) electrons. The molecule has 0 bridgehead atoms. The Morgan fingerprint density at radius 1 is 1.14 bits per heavy atom. The number of rotatable bonds is 2. The first-order chi connectivity index (χ1) is 10.2. The molecule has 1 fully saturated rings. The number of anilines is 1. The van der Waals surface area contributed by atoms with Crippen LogP contribution in [0.15, 0.2) is 39.5 Å². The quantitative estimate of drug-likeness (QED) is 0.657. The number of nitrogens with one attached hydrogen (secondary N) is 2. The van der Waals surface area contributed by atoms with Crippen LogP contribution in [0, 0.1) is 0 Å². The zero-order valence-corrected chi connectivity index (χ0v) is 12.5. The van der Waals surface area contributed by atoms with E-state index in [1.165, 1.54) is 38.2 Å². The van der Waals surface area contributed by atoms with Crippen LogP contribution in [-0.4, -0.2) is 11.2 Å². The van der Waals surface area contributed by atoms with Gasteiger partial charge >= 0.3 is 5.63 Å². The van der Waals surface area contributed by atoms with E-state index in [0.29, 0.717) is 16.7 Å². The SMILES string of the molecule is O=c1ccc2cc(NC(=S)NC3CCCCC3)ccc2o1. The van der Waals surface area contributed by atoms with Crippen molar-refractivity contribution in [3.05, 3.63) is 40.8 Å². The smallest absolute Gasteiger partial charge is 0.336 e. The van der Waals surface area contributed by atoms with Crippen LogP contribution < -0.4 is 16.3 Å². The molecule has 0 saturated heterocycles. The van der Waals surface area contributed by atoms with Gasteiger partial charge < -0.3 is 15.1 Å². The Morgan fingerprint density at radius 3 is 2.76 bits per heavy atom. The standard InChI is InChI=1S/C16H18N2O2S/c19-15-9-6-11-10-13(7-8-14(11)20-15)18-16(21)17-12-4-2-1-3-5-12/h6-10,12H,1-5H2,(H2,17,18,21). The Balaban J connectivity index is 1.67. The summed E-state index contributed by atoms with van der Waals surface area (Å²) < 4.78 is 5.11. The molecule has 0 aliphatic heterocycles. The van der Waals surface area contributed by atoms with Crippen molar-refractivity contribution in [2.75, 3.05) is 5.32 Å². The van der Waals surface area contributed by atoms with Gasteiger partial charge in [0.05, 0.1) is 0 Å². The molecule has 1 aliphatic carbocycles. The fourth-order valence-electron chi connectivity index (χ4n) is 2.75. The molecule has 1 saturated carbocycles. The normalized spacial score (nSPS) is 15.8. The Hall–Kier alpha value is -1.88. The van der Waals surface area contributed by atoms with Gasteiger partial charge in [0.25, 0.3) is 0 Å². The van der Waals surface area contributed by atoms with E-state index in [1.54, 1.807) is 12.1 Å². The van der Waals surface area contributed by atoms with Gasteiger partial charge in [0.2, 0.25) is 0 Å². The summed E-state index contributed by atoms with van der Waals surface area (Å²) in [5.41, 5.74) is 1.14. The minimum atomic E-state index is -0.335. The Kier molecular flexibility index (Phi) is 4.20. The van der Waals surface area contributed by atoms with Crippen molar-refractivity contribution in [3.63, 3.8) is 0 Å². The number of fused-ring (bicyclic) bond motifs is 1. The minimum absolute atomic E-state index is 0.335. The average molecular weight is 302 g/mol. The summed E-state index contributed by atoms with van der Waals surface area (Å²) in [6.07, 6.45) is 6.24. The second-order valence-corrected chi connectivity index (χ2v) is 5.85. The Bertz CT molecular complexity index is 705. The van der Waals surface area contributed by atoms with E-state index in [9.17, 15) is 4.79 Å². The molecular weight excluding hydrogens is 284 g/mol. The summed E-state index contributed by atoms with van der Waals surface area (Å²) in [4.78, 5) is 11.2. The monoisotopic (exact) mass is 302 g/mol.